The van der Waals surface area contributed by atoms with Gasteiger partial charge in [0, 0.05) is 25.0 Å². The zero-order valence-corrected chi connectivity index (χ0v) is 16.5. The van der Waals surface area contributed by atoms with Crippen LogP contribution in [0.15, 0.2) is 55.1 Å². The van der Waals surface area contributed by atoms with Crippen molar-refractivity contribution >= 4 is 28.6 Å². The van der Waals surface area contributed by atoms with Crippen molar-refractivity contribution in [1.29, 1.82) is 0 Å². The molecule has 158 valence electrons. The van der Waals surface area contributed by atoms with Crippen LogP contribution in [0.3, 0.4) is 0 Å². The SMILES string of the molecule is FC(F)(F)c1nc(Oc2ccc(CCNc3ncnc4nccnc34)cc2)ccc1Cl. The van der Waals surface area contributed by atoms with E-state index in [0.717, 1.165) is 11.6 Å². The first-order valence-corrected chi connectivity index (χ1v) is 9.44. The summed E-state index contributed by atoms with van der Waals surface area (Å²) in [5.41, 5.74) is 0.897. The van der Waals surface area contributed by atoms with Gasteiger partial charge >= 0.3 is 6.18 Å². The first kappa shape index (κ1) is 20.7. The van der Waals surface area contributed by atoms with Gasteiger partial charge in [0.25, 0.3) is 0 Å². The molecule has 1 aromatic carbocycles. The van der Waals surface area contributed by atoms with Gasteiger partial charge in [0.05, 0.1) is 5.02 Å². The summed E-state index contributed by atoms with van der Waals surface area (Å²) in [5.74, 6) is 0.756. The molecule has 0 atom stereocenters. The van der Waals surface area contributed by atoms with Crippen LogP contribution in [0.1, 0.15) is 11.3 Å². The van der Waals surface area contributed by atoms with Crippen LogP contribution in [-0.2, 0) is 12.6 Å². The van der Waals surface area contributed by atoms with E-state index in [2.05, 4.69) is 30.2 Å². The van der Waals surface area contributed by atoms with Crippen molar-refractivity contribution in [2.75, 3.05) is 11.9 Å². The van der Waals surface area contributed by atoms with E-state index in [0.29, 0.717) is 35.7 Å². The molecule has 4 aromatic rings. The second kappa shape index (κ2) is 8.68. The van der Waals surface area contributed by atoms with Crippen molar-refractivity contribution < 1.29 is 17.9 Å². The lowest BCUT2D eigenvalue weighted by Crippen LogP contribution is -2.09. The Balaban J connectivity index is 1.38. The molecule has 4 rings (SSSR count). The Bertz CT molecular complexity index is 1200. The van der Waals surface area contributed by atoms with E-state index in [1.165, 1.54) is 12.4 Å². The topological polar surface area (TPSA) is 85.7 Å². The number of hydrogen-bond acceptors (Lipinski definition) is 7. The highest BCUT2D eigenvalue weighted by Crippen LogP contribution is 2.35. The predicted octanol–water partition coefficient (Wildman–Crippen LogP) is 4.93. The van der Waals surface area contributed by atoms with Gasteiger partial charge in [-0.15, -0.1) is 0 Å². The zero-order valence-electron chi connectivity index (χ0n) is 15.8. The summed E-state index contributed by atoms with van der Waals surface area (Å²) in [6.45, 7) is 0.580. The number of benzene rings is 1. The number of hydrogen-bond donors (Lipinski definition) is 1. The molecule has 3 aromatic heterocycles. The number of anilines is 1. The molecular formula is C20H14ClF3N6O. The van der Waals surface area contributed by atoms with Gasteiger partial charge in [-0.3, -0.25) is 0 Å². The Hall–Kier alpha value is -3.53. The molecule has 0 unspecified atom stereocenters. The lowest BCUT2D eigenvalue weighted by Gasteiger charge is -2.11. The van der Waals surface area contributed by atoms with Crippen LogP contribution in [0.5, 0.6) is 11.6 Å². The molecule has 0 bridgehead atoms. The Morgan fingerprint density at radius 2 is 1.71 bits per heavy atom. The van der Waals surface area contributed by atoms with Gasteiger partial charge in [-0.2, -0.15) is 13.2 Å². The van der Waals surface area contributed by atoms with Crippen LogP contribution in [-0.4, -0.2) is 31.5 Å². The third-order valence-corrected chi connectivity index (χ3v) is 4.52. The van der Waals surface area contributed by atoms with Gasteiger partial charge in [-0.1, -0.05) is 23.7 Å². The minimum atomic E-state index is -4.66. The average Bonchev–Trinajstić information content (AvgIpc) is 2.76. The third kappa shape index (κ3) is 4.97. The van der Waals surface area contributed by atoms with E-state index in [-0.39, 0.29) is 5.88 Å². The standard InChI is InChI=1S/C20H14ClF3N6O/c21-14-5-6-15(30-17(14)20(22,23)24)31-13-3-1-12(2-4-13)7-8-26-18-16-19(29-11-28-18)27-10-9-25-16/h1-6,9-11H,7-8H2,(H,26,27,28,29). The van der Waals surface area contributed by atoms with E-state index in [1.54, 1.807) is 24.5 Å². The minimum Gasteiger partial charge on any atom is -0.439 e. The fraction of sp³-hybridized carbons (Fsp3) is 0.150. The fourth-order valence-corrected chi connectivity index (χ4v) is 2.99. The highest BCUT2D eigenvalue weighted by molar-refractivity contribution is 6.31. The van der Waals surface area contributed by atoms with E-state index in [4.69, 9.17) is 16.3 Å². The van der Waals surface area contributed by atoms with Crippen molar-refractivity contribution in [3.8, 4) is 11.6 Å². The van der Waals surface area contributed by atoms with Crippen LogP contribution in [0.2, 0.25) is 5.02 Å². The predicted molar refractivity (Wildman–Crippen MR) is 108 cm³/mol. The Morgan fingerprint density at radius 3 is 2.48 bits per heavy atom. The summed E-state index contributed by atoms with van der Waals surface area (Å²) in [4.78, 5) is 20.1. The highest BCUT2D eigenvalue weighted by atomic mass is 35.5. The van der Waals surface area contributed by atoms with Gasteiger partial charge in [-0.25, -0.2) is 24.9 Å². The van der Waals surface area contributed by atoms with Crippen LogP contribution in [0.25, 0.3) is 11.2 Å². The van der Waals surface area contributed by atoms with Gasteiger partial charge in [0.15, 0.2) is 17.2 Å². The number of alkyl halides is 3. The zero-order chi connectivity index (χ0) is 21.8. The van der Waals surface area contributed by atoms with Crippen LogP contribution in [0, 0.1) is 0 Å². The number of halogens is 4. The maximum atomic E-state index is 12.9. The van der Waals surface area contributed by atoms with Crippen LogP contribution in [0.4, 0.5) is 19.0 Å². The van der Waals surface area contributed by atoms with Crippen LogP contribution >= 0.6 is 11.6 Å². The maximum Gasteiger partial charge on any atom is 0.434 e. The Labute approximate surface area is 179 Å². The number of ether oxygens (including phenoxy) is 1. The molecule has 0 aliphatic rings. The minimum absolute atomic E-state index is 0.192. The molecule has 0 fully saturated rings. The van der Waals surface area contributed by atoms with Crippen molar-refractivity contribution in [2.24, 2.45) is 0 Å². The Kier molecular flexibility index (Phi) is 5.81. The van der Waals surface area contributed by atoms with Gasteiger partial charge in [0.1, 0.15) is 17.6 Å². The molecular weight excluding hydrogens is 433 g/mol. The summed E-state index contributed by atoms with van der Waals surface area (Å²) in [6.07, 6.45) is 0.562. The summed E-state index contributed by atoms with van der Waals surface area (Å²) in [6, 6.07) is 9.33. The fourth-order valence-electron chi connectivity index (χ4n) is 2.77. The molecule has 11 heteroatoms. The van der Waals surface area contributed by atoms with Gasteiger partial charge in [-0.05, 0) is 30.2 Å². The maximum absolute atomic E-state index is 12.9. The number of nitrogens with zero attached hydrogens (tertiary/aromatic N) is 5. The molecule has 31 heavy (non-hydrogen) atoms. The van der Waals surface area contributed by atoms with E-state index >= 15 is 0 Å². The quantitative estimate of drug-likeness (QED) is 0.449. The molecule has 0 aliphatic carbocycles. The molecule has 0 amide bonds. The Morgan fingerprint density at radius 1 is 0.935 bits per heavy atom. The molecule has 0 spiro atoms. The normalized spacial score (nSPS) is 11.5. The summed E-state index contributed by atoms with van der Waals surface area (Å²) in [5, 5.41) is 2.72. The molecule has 0 radical (unpaired) electrons. The average molecular weight is 447 g/mol. The van der Waals surface area contributed by atoms with Crippen molar-refractivity contribution in [2.45, 2.75) is 12.6 Å². The lowest BCUT2D eigenvalue weighted by molar-refractivity contribution is -0.141. The number of rotatable bonds is 6. The van der Waals surface area contributed by atoms with Crippen molar-refractivity contribution in [3.63, 3.8) is 0 Å². The molecule has 3 heterocycles. The first-order valence-electron chi connectivity index (χ1n) is 9.06. The molecule has 1 N–H and O–H groups in total. The van der Waals surface area contributed by atoms with Crippen LogP contribution < -0.4 is 10.1 Å². The van der Waals surface area contributed by atoms with Gasteiger partial charge in [0.2, 0.25) is 5.88 Å². The number of fused-ring (bicyclic) bond motifs is 1. The second-order valence-electron chi connectivity index (χ2n) is 6.35. The molecule has 0 aliphatic heterocycles. The number of aromatic nitrogens is 5. The lowest BCUT2D eigenvalue weighted by atomic mass is 10.1. The molecule has 7 nitrogen and oxygen atoms in total. The van der Waals surface area contributed by atoms with E-state index in [9.17, 15) is 13.2 Å². The van der Waals surface area contributed by atoms with E-state index in [1.807, 2.05) is 12.1 Å². The monoisotopic (exact) mass is 446 g/mol. The smallest absolute Gasteiger partial charge is 0.434 e. The summed E-state index contributed by atoms with van der Waals surface area (Å²) >= 11 is 5.57. The highest BCUT2D eigenvalue weighted by Gasteiger charge is 2.35. The van der Waals surface area contributed by atoms with Crippen molar-refractivity contribution in [1.82, 2.24) is 24.9 Å². The van der Waals surface area contributed by atoms with Gasteiger partial charge < -0.3 is 10.1 Å². The first-order chi connectivity index (χ1) is 14.9. The van der Waals surface area contributed by atoms with Crippen molar-refractivity contribution in [3.05, 3.63) is 71.4 Å². The molecule has 0 saturated carbocycles. The third-order valence-electron chi connectivity index (χ3n) is 4.21. The largest absolute Gasteiger partial charge is 0.439 e. The molecule has 0 saturated heterocycles. The number of nitrogens with one attached hydrogen (secondary N) is 1. The van der Waals surface area contributed by atoms with E-state index < -0.39 is 16.9 Å². The second-order valence-corrected chi connectivity index (χ2v) is 6.76. The number of pyridine rings is 1. The summed E-state index contributed by atoms with van der Waals surface area (Å²) in [7, 11) is 0. The summed E-state index contributed by atoms with van der Waals surface area (Å²) < 4.78 is 44.2.